The van der Waals surface area contributed by atoms with Crippen molar-refractivity contribution in [1.29, 1.82) is 0 Å². The predicted octanol–water partition coefficient (Wildman–Crippen LogP) is 2.59. The molecule has 1 heterocycles. The van der Waals surface area contributed by atoms with E-state index in [9.17, 15) is 18.0 Å². The van der Waals surface area contributed by atoms with Crippen molar-refractivity contribution in [2.24, 2.45) is 0 Å². The standard InChI is InChI=1S/C21H26N2O5S/c1-14-9-10-17(12-15(14)2)29(26,27)19(18-8-5-11-28-18)13-22-20(24)21(25)23-16-6-3-4-7-16/h5,8-12,16,19H,3-4,6-7,13H2,1-2H3,(H,22,24)(H,23,25)/t19-/m1/s1. The molecule has 2 amide bonds. The highest BCUT2D eigenvalue weighted by atomic mass is 32.2. The van der Waals surface area contributed by atoms with Gasteiger partial charge in [0.2, 0.25) is 0 Å². The zero-order chi connectivity index (χ0) is 21.0. The molecular formula is C21H26N2O5S. The van der Waals surface area contributed by atoms with Crippen molar-refractivity contribution in [3.05, 3.63) is 53.5 Å². The smallest absolute Gasteiger partial charge is 0.309 e. The van der Waals surface area contributed by atoms with Crippen LogP contribution in [-0.2, 0) is 19.4 Å². The van der Waals surface area contributed by atoms with E-state index in [4.69, 9.17) is 4.42 Å². The lowest BCUT2D eigenvalue weighted by molar-refractivity contribution is -0.139. The molecule has 2 aromatic rings. The second-order valence-electron chi connectivity index (χ2n) is 7.46. The first kappa shape index (κ1) is 21.1. The van der Waals surface area contributed by atoms with E-state index in [-0.39, 0.29) is 23.2 Å². The molecule has 0 bridgehead atoms. The third kappa shape index (κ3) is 4.87. The Balaban J connectivity index is 1.76. The van der Waals surface area contributed by atoms with Gasteiger partial charge in [0.15, 0.2) is 9.84 Å². The summed E-state index contributed by atoms with van der Waals surface area (Å²) in [5.74, 6) is -1.37. The number of rotatable bonds is 6. The Labute approximate surface area is 170 Å². The van der Waals surface area contributed by atoms with Gasteiger partial charge in [0, 0.05) is 12.6 Å². The van der Waals surface area contributed by atoms with Crippen LogP contribution in [0.3, 0.4) is 0 Å². The van der Waals surface area contributed by atoms with Gasteiger partial charge in [-0.25, -0.2) is 8.42 Å². The number of furan rings is 1. The molecule has 1 fully saturated rings. The van der Waals surface area contributed by atoms with Crippen LogP contribution in [0.1, 0.15) is 47.8 Å². The largest absolute Gasteiger partial charge is 0.468 e. The maximum Gasteiger partial charge on any atom is 0.309 e. The monoisotopic (exact) mass is 418 g/mol. The van der Waals surface area contributed by atoms with Crippen LogP contribution >= 0.6 is 0 Å². The van der Waals surface area contributed by atoms with E-state index in [2.05, 4.69) is 10.6 Å². The number of amides is 2. The van der Waals surface area contributed by atoms with Gasteiger partial charge in [0.25, 0.3) is 0 Å². The minimum absolute atomic E-state index is 0.00777. The summed E-state index contributed by atoms with van der Waals surface area (Å²) >= 11 is 0. The molecule has 156 valence electrons. The highest BCUT2D eigenvalue weighted by molar-refractivity contribution is 7.91. The Morgan fingerprint density at radius 1 is 1.10 bits per heavy atom. The molecule has 1 aromatic carbocycles. The normalized spacial score (nSPS) is 15.8. The summed E-state index contributed by atoms with van der Waals surface area (Å²) in [5, 5.41) is 4.02. The van der Waals surface area contributed by atoms with Gasteiger partial charge >= 0.3 is 11.8 Å². The van der Waals surface area contributed by atoms with Crippen LogP contribution in [-0.4, -0.2) is 32.8 Å². The molecule has 0 aliphatic heterocycles. The number of aryl methyl sites for hydroxylation is 2. The summed E-state index contributed by atoms with van der Waals surface area (Å²) in [4.78, 5) is 24.5. The lowest BCUT2D eigenvalue weighted by Gasteiger charge is -2.18. The Hall–Kier alpha value is -2.61. The fourth-order valence-corrected chi connectivity index (χ4v) is 5.15. The van der Waals surface area contributed by atoms with Crippen LogP contribution in [0.2, 0.25) is 0 Å². The zero-order valence-electron chi connectivity index (χ0n) is 16.6. The molecule has 29 heavy (non-hydrogen) atoms. The lowest BCUT2D eigenvalue weighted by atomic mass is 10.1. The predicted molar refractivity (Wildman–Crippen MR) is 108 cm³/mol. The molecule has 0 radical (unpaired) electrons. The van der Waals surface area contributed by atoms with Gasteiger partial charge in [-0.3, -0.25) is 9.59 Å². The first-order valence-corrected chi connectivity index (χ1v) is 11.3. The summed E-state index contributed by atoms with van der Waals surface area (Å²) in [6.45, 7) is 3.48. The highest BCUT2D eigenvalue weighted by Gasteiger charge is 2.33. The van der Waals surface area contributed by atoms with Gasteiger partial charge in [-0.15, -0.1) is 0 Å². The Bertz CT molecular complexity index is 977. The summed E-state index contributed by atoms with van der Waals surface area (Å²) in [5.41, 5.74) is 1.83. The maximum absolute atomic E-state index is 13.2. The third-order valence-corrected chi connectivity index (χ3v) is 7.45. The summed E-state index contributed by atoms with van der Waals surface area (Å²) < 4.78 is 31.8. The van der Waals surface area contributed by atoms with Gasteiger partial charge in [-0.1, -0.05) is 18.9 Å². The number of hydrogen-bond donors (Lipinski definition) is 2. The van der Waals surface area contributed by atoms with E-state index < -0.39 is 26.9 Å². The number of benzene rings is 1. The maximum atomic E-state index is 13.2. The quantitative estimate of drug-likeness (QED) is 0.702. The first-order chi connectivity index (χ1) is 13.8. The van der Waals surface area contributed by atoms with E-state index in [0.29, 0.717) is 0 Å². The SMILES string of the molecule is Cc1ccc(S(=O)(=O)[C@H](CNC(=O)C(=O)NC2CCCC2)c2ccco2)cc1C. The minimum atomic E-state index is -3.85. The van der Waals surface area contributed by atoms with Crippen LogP contribution in [0.4, 0.5) is 0 Å². The summed E-state index contributed by atoms with van der Waals surface area (Å²) in [7, 11) is -3.85. The van der Waals surface area contributed by atoms with E-state index in [1.54, 1.807) is 30.3 Å². The van der Waals surface area contributed by atoms with Gasteiger partial charge in [-0.05, 0) is 62.1 Å². The molecule has 7 nitrogen and oxygen atoms in total. The van der Waals surface area contributed by atoms with Crippen molar-refractivity contribution >= 4 is 21.7 Å². The van der Waals surface area contributed by atoms with Crippen molar-refractivity contribution < 1.29 is 22.4 Å². The summed E-state index contributed by atoms with van der Waals surface area (Å²) in [6.07, 6.45) is 5.15. The average Bonchev–Trinajstić information content (AvgIpc) is 3.38. The van der Waals surface area contributed by atoms with Crippen LogP contribution in [0.25, 0.3) is 0 Å². The van der Waals surface area contributed by atoms with Crippen LogP contribution in [0.5, 0.6) is 0 Å². The number of carbonyl (C=O) groups excluding carboxylic acids is 2. The lowest BCUT2D eigenvalue weighted by Crippen LogP contribution is -2.45. The molecule has 1 saturated carbocycles. The van der Waals surface area contributed by atoms with Crippen molar-refractivity contribution in [3.8, 4) is 0 Å². The Morgan fingerprint density at radius 2 is 1.83 bits per heavy atom. The zero-order valence-corrected chi connectivity index (χ0v) is 17.4. The van der Waals surface area contributed by atoms with Gasteiger partial charge in [0.05, 0.1) is 11.2 Å². The molecule has 3 rings (SSSR count). The molecule has 1 aliphatic carbocycles. The Kier molecular flexibility index (Phi) is 6.42. The topological polar surface area (TPSA) is 105 Å². The molecule has 0 unspecified atom stereocenters. The number of sulfone groups is 1. The van der Waals surface area contributed by atoms with E-state index in [0.717, 1.165) is 36.8 Å². The van der Waals surface area contributed by atoms with Crippen LogP contribution in [0.15, 0.2) is 45.9 Å². The van der Waals surface area contributed by atoms with Gasteiger partial charge in [-0.2, -0.15) is 0 Å². The average molecular weight is 419 g/mol. The molecule has 1 aliphatic rings. The van der Waals surface area contributed by atoms with Crippen LogP contribution in [0, 0.1) is 13.8 Å². The molecule has 2 N–H and O–H groups in total. The van der Waals surface area contributed by atoms with Gasteiger partial charge < -0.3 is 15.1 Å². The molecule has 0 saturated heterocycles. The van der Waals surface area contributed by atoms with Gasteiger partial charge in [0.1, 0.15) is 11.0 Å². The molecule has 8 heteroatoms. The highest BCUT2D eigenvalue weighted by Crippen LogP contribution is 2.30. The molecule has 1 aromatic heterocycles. The third-order valence-electron chi connectivity index (χ3n) is 5.39. The second kappa shape index (κ2) is 8.82. The second-order valence-corrected chi connectivity index (χ2v) is 9.59. The van der Waals surface area contributed by atoms with Crippen molar-refractivity contribution in [1.82, 2.24) is 10.6 Å². The van der Waals surface area contributed by atoms with Crippen molar-refractivity contribution in [3.63, 3.8) is 0 Å². The molecular weight excluding hydrogens is 392 g/mol. The van der Waals surface area contributed by atoms with E-state index in [1.807, 2.05) is 13.8 Å². The van der Waals surface area contributed by atoms with E-state index >= 15 is 0 Å². The molecule has 0 spiro atoms. The molecule has 1 atom stereocenters. The van der Waals surface area contributed by atoms with Crippen molar-refractivity contribution in [2.75, 3.05) is 6.54 Å². The van der Waals surface area contributed by atoms with Crippen LogP contribution < -0.4 is 10.6 Å². The minimum Gasteiger partial charge on any atom is -0.468 e. The fourth-order valence-electron chi connectivity index (χ4n) is 3.48. The fraction of sp³-hybridized carbons (Fsp3) is 0.429. The van der Waals surface area contributed by atoms with Crippen molar-refractivity contribution in [2.45, 2.75) is 55.7 Å². The number of hydrogen-bond acceptors (Lipinski definition) is 5. The number of nitrogens with one attached hydrogen (secondary N) is 2. The Morgan fingerprint density at radius 3 is 2.45 bits per heavy atom. The van der Waals surface area contributed by atoms with E-state index in [1.165, 1.54) is 6.26 Å². The first-order valence-electron chi connectivity index (χ1n) is 9.72. The number of carbonyl (C=O) groups is 2. The summed E-state index contributed by atoms with van der Waals surface area (Å²) in [6, 6.07) is 8.04.